The van der Waals surface area contributed by atoms with Gasteiger partial charge in [0.15, 0.2) is 0 Å². The summed E-state index contributed by atoms with van der Waals surface area (Å²) in [6, 6.07) is 2.08. The van der Waals surface area contributed by atoms with Gasteiger partial charge >= 0.3 is 6.09 Å². The van der Waals surface area contributed by atoms with Crippen LogP contribution >= 0.6 is 27.3 Å². The maximum atomic E-state index is 12.1. The van der Waals surface area contributed by atoms with Crippen LogP contribution in [0.3, 0.4) is 0 Å². The first-order valence-corrected chi connectivity index (χ1v) is 9.31. The summed E-state index contributed by atoms with van der Waals surface area (Å²) in [5, 5.41) is 5.74. The number of ether oxygens (including phenoxy) is 1. The molecule has 22 heavy (non-hydrogen) atoms. The highest BCUT2D eigenvalue weighted by Gasteiger charge is 2.33. The zero-order valence-electron chi connectivity index (χ0n) is 13.7. The third-order valence-corrected chi connectivity index (χ3v) is 5.81. The Hall–Kier alpha value is -0.590. The number of carbonyl (C=O) groups excluding carboxylic acids is 1. The Balaban J connectivity index is 1.83. The van der Waals surface area contributed by atoms with Gasteiger partial charge in [-0.3, -0.25) is 0 Å². The second kappa shape index (κ2) is 6.89. The van der Waals surface area contributed by atoms with Crippen molar-refractivity contribution in [3.8, 4) is 0 Å². The number of nitrogens with zero attached hydrogens (tertiary/aromatic N) is 1. The van der Waals surface area contributed by atoms with Crippen LogP contribution in [0, 0.1) is 0 Å². The summed E-state index contributed by atoms with van der Waals surface area (Å²) in [5.74, 6) is 0. The van der Waals surface area contributed by atoms with E-state index in [4.69, 9.17) is 4.74 Å². The third kappa shape index (κ3) is 4.96. The molecule has 124 valence electrons. The van der Waals surface area contributed by atoms with Crippen LogP contribution in [0.4, 0.5) is 4.79 Å². The van der Waals surface area contributed by atoms with E-state index >= 15 is 0 Å². The lowest BCUT2D eigenvalue weighted by Crippen LogP contribution is -2.53. The second-order valence-corrected chi connectivity index (χ2v) is 8.93. The first-order valence-electron chi connectivity index (χ1n) is 7.63. The molecule has 0 radical (unpaired) electrons. The molecule has 1 aliphatic heterocycles. The first-order chi connectivity index (χ1) is 10.2. The van der Waals surface area contributed by atoms with E-state index in [1.165, 1.54) is 9.35 Å². The fourth-order valence-electron chi connectivity index (χ4n) is 2.43. The Kier molecular flexibility index (Phi) is 5.56. The van der Waals surface area contributed by atoms with Gasteiger partial charge in [-0.1, -0.05) is 0 Å². The predicted octanol–water partition coefficient (Wildman–Crippen LogP) is 4.39. The molecule has 0 saturated carbocycles. The molecule has 0 atom stereocenters. The molecule has 1 saturated heterocycles. The highest BCUT2D eigenvalue weighted by atomic mass is 79.9. The van der Waals surface area contributed by atoms with Gasteiger partial charge in [-0.15, -0.1) is 11.3 Å². The van der Waals surface area contributed by atoms with Crippen LogP contribution < -0.4 is 5.32 Å². The molecular formula is C16H25BrN2O2S. The number of piperidine rings is 1. The van der Waals surface area contributed by atoms with Crippen molar-refractivity contribution in [3.63, 3.8) is 0 Å². The number of halogens is 1. The van der Waals surface area contributed by atoms with E-state index in [9.17, 15) is 4.79 Å². The highest BCUT2D eigenvalue weighted by Crippen LogP contribution is 2.27. The number of likely N-dealkylation sites (tertiary alicyclic amines) is 1. The zero-order chi connectivity index (χ0) is 16.4. The lowest BCUT2D eigenvalue weighted by atomic mass is 9.89. The van der Waals surface area contributed by atoms with E-state index in [0.29, 0.717) is 0 Å². The fourth-order valence-corrected chi connectivity index (χ4v) is 3.86. The van der Waals surface area contributed by atoms with E-state index in [-0.39, 0.29) is 11.6 Å². The standard InChI is InChI=1S/C16H25BrN2O2S/c1-15(2,3)21-14(20)19-8-6-16(4,7-9-19)18-11-13-12(17)5-10-22-13/h5,10,18H,6-9,11H2,1-4H3. The number of amides is 1. The number of hydrogen-bond acceptors (Lipinski definition) is 4. The molecule has 0 aliphatic carbocycles. The van der Waals surface area contributed by atoms with Crippen molar-refractivity contribution in [2.75, 3.05) is 13.1 Å². The van der Waals surface area contributed by atoms with Crippen LogP contribution in [0.25, 0.3) is 0 Å². The molecule has 1 aromatic rings. The summed E-state index contributed by atoms with van der Waals surface area (Å²) in [6.07, 6.45) is 1.68. The summed E-state index contributed by atoms with van der Waals surface area (Å²) in [7, 11) is 0. The second-order valence-electron chi connectivity index (χ2n) is 7.07. The average Bonchev–Trinajstić information content (AvgIpc) is 2.81. The summed E-state index contributed by atoms with van der Waals surface area (Å²) >= 11 is 5.32. The molecule has 1 aromatic heterocycles. The fraction of sp³-hybridized carbons (Fsp3) is 0.688. The summed E-state index contributed by atoms with van der Waals surface area (Å²) < 4.78 is 6.61. The van der Waals surface area contributed by atoms with Gasteiger partial charge in [0.25, 0.3) is 0 Å². The van der Waals surface area contributed by atoms with Crippen molar-refractivity contribution in [1.82, 2.24) is 10.2 Å². The minimum absolute atomic E-state index is 0.0714. The Morgan fingerprint density at radius 2 is 2.09 bits per heavy atom. The molecule has 0 unspecified atom stereocenters. The Morgan fingerprint density at radius 1 is 1.45 bits per heavy atom. The summed E-state index contributed by atoms with van der Waals surface area (Å²) in [6.45, 7) is 10.3. The molecule has 0 bridgehead atoms. The maximum Gasteiger partial charge on any atom is 0.410 e. The normalized spacial score (nSPS) is 18.3. The van der Waals surface area contributed by atoms with Crippen LogP contribution in [-0.2, 0) is 11.3 Å². The molecule has 1 aliphatic rings. The molecule has 0 aromatic carbocycles. The van der Waals surface area contributed by atoms with Crippen molar-refractivity contribution >= 4 is 33.4 Å². The van der Waals surface area contributed by atoms with Gasteiger partial charge in [-0.25, -0.2) is 4.79 Å². The molecule has 1 fully saturated rings. The van der Waals surface area contributed by atoms with E-state index in [1.54, 1.807) is 11.3 Å². The maximum absolute atomic E-state index is 12.1. The van der Waals surface area contributed by atoms with Crippen LogP contribution in [0.2, 0.25) is 0 Å². The molecule has 2 heterocycles. The Bertz CT molecular complexity index is 516. The number of carbonyl (C=O) groups is 1. The number of thiophene rings is 1. The Labute approximate surface area is 145 Å². The third-order valence-electron chi connectivity index (χ3n) is 3.89. The van der Waals surface area contributed by atoms with E-state index in [0.717, 1.165) is 32.5 Å². The molecule has 2 rings (SSSR count). The van der Waals surface area contributed by atoms with Crippen molar-refractivity contribution < 1.29 is 9.53 Å². The van der Waals surface area contributed by atoms with E-state index in [2.05, 4.69) is 39.6 Å². The van der Waals surface area contributed by atoms with E-state index < -0.39 is 5.60 Å². The van der Waals surface area contributed by atoms with Crippen molar-refractivity contribution in [3.05, 3.63) is 20.8 Å². The van der Waals surface area contributed by atoms with Crippen molar-refractivity contribution in [2.45, 2.75) is 58.2 Å². The van der Waals surface area contributed by atoms with Crippen molar-refractivity contribution in [2.24, 2.45) is 0 Å². The predicted molar refractivity (Wildman–Crippen MR) is 94.3 cm³/mol. The lowest BCUT2D eigenvalue weighted by molar-refractivity contribution is 0.0157. The van der Waals surface area contributed by atoms with Gasteiger partial charge in [-0.05, 0) is 67.9 Å². The minimum Gasteiger partial charge on any atom is -0.444 e. The molecule has 1 N–H and O–H groups in total. The minimum atomic E-state index is -0.429. The molecule has 6 heteroatoms. The molecule has 0 spiro atoms. The number of hydrogen-bond donors (Lipinski definition) is 1. The molecular weight excluding hydrogens is 364 g/mol. The summed E-state index contributed by atoms with van der Waals surface area (Å²) in [4.78, 5) is 15.2. The largest absolute Gasteiger partial charge is 0.444 e. The smallest absolute Gasteiger partial charge is 0.410 e. The highest BCUT2D eigenvalue weighted by molar-refractivity contribution is 9.10. The van der Waals surface area contributed by atoms with Gasteiger partial charge in [0.05, 0.1) is 0 Å². The quantitative estimate of drug-likeness (QED) is 0.834. The molecule has 4 nitrogen and oxygen atoms in total. The SMILES string of the molecule is CC1(NCc2sccc2Br)CCN(C(=O)OC(C)(C)C)CC1. The molecule has 1 amide bonds. The van der Waals surface area contributed by atoms with Gasteiger partial charge in [0, 0.05) is 34.5 Å². The number of nitrogens with one attached hydrogen (secondary N) is 1. The van der Waals surface area contributed by atoms with Crippen molar-refractivity contribution in [1.29, 1.82) is 0 Å². The van der Waals surface area contributed by atoms with Crippen LogP contribution in [0.1, 0.15) is 45.4 Å². The first kappa shape index (κ1) is 17.8. The van der Waals surface area contributed by atoms with Crippen LogP contribution in [-0.4, -0.2) is 35.2 Å². The van der Waals surface area contributed by atoms with Crippen LogP contribution in [0.15, 0.2) is 15.9 Å². The average molecular weight is 389 g/mol. The lowest BCUT2D eigenvalue weighted by Gasteiger charge is -2.40. The van der Waals surface area contributed by atoms with Gasteiger partial charge in [-0.2, -0.15) is 0 Å². The number of rotatable bonds is 3. The van der Waals surface area contributed by atoms with Gasteiger partial charge < -0.3 is 15.0 Å². The summed E-state index contributed by atoms with van der Waals surface area (Å²) in [5.41, 5.74) is -0.358. The zero-order valence-corrected chi connectivity index (χ0v) is 16.1. The van der Waals surface area contributed by atoms with Gasteiger partial charge in [0.1, 0.15) is 5.60 Å². The monoisotopic (exact) mass is 388 g/mol. The Morgan fingerprint density at radius 3 is 2.59 bits per heavy atom. The van der Waals surface area contributed by atoms with E-state index in [1.807, 2.05) is 25.7 Å². The topological polar surface area (TPSA) is 41.6 Å². The van der Waals surface area contributed by atoms with Crippen LogP contribution in [0.5, 0.6) is 0 Å². The van der Waals surface area contributed by atoms with Gasteiger partial charge in [0.2, 0.25) is 0 Å².